The number of carbonyl (C=O) groups is 1. The van der Waals surface area contributed by atoms with Crippen LogP contribution in [0.5, 0.6) is 0 Å². The van der Waals surface area contributed by atoms with Crippen LogP contribution in [0.1, 0.15) is 35.1 Å². The number of pyridine rings is 1. The molecule has 3 aromatic heterocycles. The number of aromatic nitrogens is 4. The predicted molar refractivity (Wildman–Crippen MR) is 164 cm³/mol. The SMILES string of the molecule is O=C(CN1CCOCC1)c1nc2cnc3c(ccn3S(=O)(=O)c3ccccc3)c2n1C1CCN(Cc2ccccc2)CC1. The molecule has 5 aromatic rings. The summed E-state index contributed by atoms with van der Waals surface area (Å²) in [6, 6.07) is 20.6. The number of likely N-dealkylation sites (tertiary alicyclic amines) is 1. The van der Waals surface area contributed by atoms with Crippen molar-refractivity contribution in [1.82, 2.24) is 28.3 Å². The fourth-order valence-corrected chi connectivity index (χ4v) is 7.63. The van der Waals surface area contributed by atoms with Gasteiger partial charge in [-0.15, -0.1) is 0 Å². The number of morpholine rings is 1. The maximum Gasteiger partial charge on any atom is 0.269 e. The molecular weight excluding hydrogens is 564 g/mol. The molecule has 10 nitrogen and oxygen atoms in total. The van der Waals surface area contributed by atoms with Crippen LogP contribution in [0.15, 0.2) is 84.0 Å². The van der Waals surface area contributed by atoms with Gasteiger partial charge in [0, 0.05) is 50.3 Å². The van der Waals surface area contributed by atoms with E-state index >= 15 is 0 Å². The van der Waals surface area contributed by atoms with Crippen molar-refractivity contribution in [1.29, 1.82) is 0 Å². The van der Waals surface area contributed by atoms with Crippen LogP contribution >= 0.6 is 0 Å². The molecule has 2 aromatic carbocycles. The van der Waals surface area contributed by atoms with Crippen LogP contribution < -0.4 is 0 Å². The zero-order valence-electron chi connectivity index (χ0n) is 23.9. The zero-order chi connectivity index (χ0) is 29.4. The molecule has 0 aliphatic carbocycles. The summed E-state index contributed by atoms with van der Waals surface area (Å²) in [4.78, 5) is 28.0. The van der Waals surface area contributed by atoms with Gasteiger partial charge in [-0.25, -0.2) is 22.4 Å². The van der Waals surface area contributed by atoms with Gasteiger partial charge < -0.3 is 9.30 Å². The smallest absolute Gasteiger partial charge is 0.269 e. The Kier molecular flexibility index (Phi) is 7.56. The van der Waals surface area contributed by atoms with Crippen LogP contribution in [-0.2, 0) is 21.3 Å². The van der Waals surface area contributed by atoms with Crippen LogP contribution in [0.4, 0.5) is 0 Å². The van der Waals surface area contributed by atoms with Crippen LogP contribution in [0, 0.1) is 0 Å². The largest absolute Gasteiger partial charge is 0.379 e. The molecule has 2 saturated heterocycles. The van der Waals surface area contributed by atoms with Gasteiger partial charge in [-0.05, 0) is 36.6 Å². The molecule has 0 atom stereocenters. The molecule has 0 amide bonds. The number of fused-ring (bicyclic) bond motifs is 3. The number of piperidine rings is 1. The van der Waals surface area contributed by atoms with Crippen molar-refractivity contribution in [3.05, 3.63) is 90.5 Å². The van der Waals surface area contributed by atoms with Gasteiger partial charge in [0.1, 0.15) is 5.52 Å². The van der Waals surface area contributed by atoms with E-state index < -0.39 is 10.0 Å². The number of benzene rings is 2. The van der Waals surface area contributed by atoms with E-state index in [1.807, 2.05) is 6.07 Å². The Morgan fingerprint density at radius 3 is 2.30 bits per heavy atom. The minimum absolute atomic E-state index is 0.0420. The van der Waals surface area contributed by atoms with E-state index in [0.29, 0.717) is 48.7 Å². The Bertz CT molecular complexity index is 1860. The lowest BCUT2D eigenvalue weighted by atomic mass is 10.0. The second kappa shape index (κ2) is 11.6. The highest BCUT2D eigenvalue weighted by atomic mass is 32.2. The number of Topliss-reactive ketones (excluding diaryl/α,β-unsaturated/α-hetero) is 1. The van der Waals surface area contributed by atoms with Crippen molar-refractivity contribution < 1.29 is 17.9 Å². The standard InChI is InChI=1S/C32H34N6O4S/c39-29(23-36-17-19-42-20-18-36)32-34-28-21-33-31-27(13-16-37(31)43(40,41)26-9-5-2-6-10-26)30(28)38(32)25-11-14-35(15-12-25)22-24-7-3-1-4-8-24/h1-10,13,16,21,25H,11-12,14-15,17-20,22-23H2. The maximum absolute atomic E-state index is 13.8. The molecule has 5 heterocycles. The fourth-order valence-electron chi connectivity index (χ4n) is 6.31. The quantitative estimate of drug-likeness (QED) is 0.247. The Balaban J connectivity index is 1.28. The van der Waals surface area contributed by atoms with Crippen molar-refractivity contribution in [2.45, 2.75) is 30.3 Å². The zero-order valence-corrected chi connectivity index (χ0v) is 24.7. The number of hydrogen-bond donors (Lipinski definition) is 0. The first-order chi connectivity index (χ1) is 21.0. The molecule has 0 radical (unpaired) electrons. The van der Waals surface area contributed by atoms with Crippen molar-refractivity contribution in [2.24, 2.45) is 0 Å². The first-order valence-electron chi connectivity index (χ1n) is 14.8. The van der Waals surface area contributed by atoms with Crippen LogP contribution in [-0.4, -0.2) is 88.4 Å². The first-order valence-corrected chi connectivity index (χ1v) is 16.2. The third-order valence-corrected chi connectivity index (χ3v) is 10.2. The lowest BCUT2D eigenvalue weighted by Crippen LogP contribution is -2.40. The molecule has 0 bridgehead atoms. The second-order valence-corrected chi connectivity index (χ2v) is 13.1. The van der Waals surface area contributed by atoms with Gasteiger partial charge in [-0.3, -0.25) is 14.6 Å². The molecule has 7 rings (SSSR count). The highest BCUT2D eigenvalue weighted by molar-refractivity contribution is 7.90. The van der Waals surface area contributed by atoms with E-state index in [0.717, 1.165) is 38.0 Å². The number of carbonyl (C=O) groups excluding carboxylic acids is 1. The molecule has 222 valence electrons. The number of ketones is 1. The minimum Gasteiger partial charge on any atom is -0.379 e. The molecule has 0 saturated carbocycles. The summed E-state index contributed by atoms with van der Waals surface area (Å²) in [6.45, 7) is 5.54. The average molecular weight is 599 g/mol. The number of ether oxygens (including phenoxy) is 1. The summed E-state index contributed by atoms with van der Waals surface area (Å²) in [6.07, 6.45) is 4.85. The van der Waals surface area contributed by atoms with Crippen molar-refractivity contribution in [3.63, 3.8) is 0 Å². The molecule has 43 heavy (non-hydrogen) atoms. The molecule has 0 spiro atoms. The summed E-state index contributed by atoms with van der Waals surface area (Å²) in [7, 11) is -3.86. The first kappa shape index (κ1) is 27.9. The van der Waals surface area contributed by atoms with Gasteiger partial charge in [0.2, 0.25) is 5.78 Å². The van der Waals surface area contributed by atoms with E-state index in [-0.39, 0.29) is 23.3 Å². The summed E-state index contributed by atoms with van der Waals surface area (Å²) in [5, 5.41) is 0.668. The van der Waals surface area contributed by atoms with Crippen molar-refractivity contribution in [2.75, 3.05) is 45.9 Å². The van der Waals surface area contributed by atoms with E-state index in [1.165, 1.54) is 9.54 Å². The van der Waals surface area contributed by atoms with Gasteiger partial charge in [-0.1, -0.05) is 48.5 Å². The van der Waals surface area contributed by atoms with E-state index in [9.17, 15) is 13.2 Å². The van der Waals surface area contributed by atoms with Gasteiger partial charge in [0.15, 0.2) is 11.5 Å². The Labute approximate surface area is 250 Å². The topological polar surface area (TPSA) is 103 Å². The maximum atomic E-state index is 13.8. The minimum atomic E-state index is -3.86. The van der Waals surface area contributed by atoms with Gasteiger partial charge >= 0.3 is 0 Å². The van der Waals surface area contributed by atoms with Crippen molar-refractivity contribution in [3.8, 4) is 0 Å². The van der Waals surface area contributed by atoms with E-state index in [2.05, 4.69) is 43.6 Å². The Morgan fingerprint density at radius 1 is 0.884 bits per heavy atom. The van der Waals surface area contributed by atoms with E-state index in [1.54, 1.807) is 48.8 Å². The predicted octanol–water partition coefficient (Wildman–Crippen LogP) is 3.98. The average Bonchev–Trinajstić information content (AvgIpc) is 3.66. The highest BCUT2D eigenvalue weighted by Crippen LogP contribution is 2.34. The molecular formula is C32H34N6O4S. The van der Waals surface area contributed by atoms with Gasteiger partial charge in [-0.2, -0.15) is 0 Å². The Hall–Kier alpha value is -3.90. The second-order valence-electron chi connectivity index (χ2n) is 11.3. The number of hydrogen-bond acceptors (Lipinski definition) is 8. The molecule has 2 aliphatic rings. The van der Waals surface area contributed by atoms with Crippen LogP contribution in [0.3, 0.4) is 0 Å². The van der Waals surface area contributed by atoms with Gasteiger partial charge in [0.05, 0.1) is 36.4 Å². The molecule has 11 heteroatoms. The van der Waals surface area contributed by atoms with Crippen LogP contribution in [0.2, 0.25) is 0 Å². The van der Waals surface area contributed by atoms with Crippen LogP contribution in [0.25, 0.3) is 22.1 Å². The van der Waals surface area contributed by atoms with Gasteiger partial charge in [0.25, 0.3) is 10.0 Å². The summed E-state index contributed by atoms with van der Waals surface area (Å²) < 4.78 is 35.9. The lowest BCUT2D eigenvalue weighted by molar-refractivity contribution is 0.0367. The third-order valence-electron chi connectivity index (χ3n) is 8.52. The molecule has 0 N–H and O–H groups in total. The highest BCUT2D eigenvalue weighted by Gasteiger charge is 2.30. The Morgan fingerprint density at radius 2 is 1.58 bits per heavy atom. The number of imidazole rings is 1. The molecule has 2 aliphatic heterocycles. The molecule has 0 unspecified atom stereocenters. The third kappa shape index (κ3) is 5.38. The number of rotatable bonds is 8. The monoisotopic (exact) mass is 598 g/mol. The van der Waals surface area contributed by atoms with E-state index in [4.69, 9.17) is 9.72 Å². The fraction of sp³-hybridized carbons (Fsp3) is 0.344. The summed E-state index contributed by atoms with van der Waals surface area (Å²) >= 11 is 0. The van der Waals surface area contributed by atoms with Crippen molar-refractivity contribution >= 4 is 37.9 Å². The molecule has 2 fully saturated rings. The number of nitrogens with zero attached hydrogens (tertiary/aromatic N) is 6. The summed E-state index contributed by atoms with van der Waals surface area (Å²) in [5.41, 5.74) is 2.97. The normalized spacial score (nSPS) is 17.6. The lowest BCUT2D eigenvalue weighted by Gasteiger charge is -2.33. The summed E-state index contributed by atoms with van der Waals surface area (Å²) in [5.74, 6) is 0.366.